The molecule has 0 heterocycles. The number of hydrogen-bond donors (Lipinski definition) is 2. The van der Waals surface area contributed by atoms with Crippen molar-refractivity contribution in [1.82, 2.24) is 0 Å². The highest BCUT2D eigenvalue weighted by Crippen LogP contribution is 2.14. The van der Waals surface area contributed by atoms with Crippen LogP contribution in [0.1, 0.15) is 37.0 Å². The fourth-order valence-electron chi connectivity index (χ4n) is 1.39. The van der Waals surface area contributed by atoms with Crippen LogP contribution >= 0.6 is 0 Å². The van der Waals surface area contributed by atoms with Crippen LogP contribution in [0.2, 0.25) is 0 Å². The molecule has 3 nitrogen and oxygen atoms in total. The third-order valence-corrected chi connectivity index (χ3v) is 2.35. The number of carboxylic acids is 1. The number of carboxylic acid groups (broad SMARTS) is 1. The minimum Gasteiger partial charge on any atom is -0.479 e. The summed E-state index contributed by atoms with van der Waals surface area (Å²) in [4.78, 5) is 10.5. The molecule has 0 fully saturated rings. The lowest BCUT2D eigenvalue weighted by atomic mass is 10.0. The molecule has 1 atom stereocenters. The van der Waals surface area contributed by atoms with Gasteiger partial charge in [-0.2, -0.15) is 0 Å². The van der Waals surface area contributed by atoms with E-state index in [0.29, 0.717) is 5.56 Å². The van der Waals surface area contributed by atoms with E-state index in [9.17, 15) is 9.90 Å². The number of aliphatic hydroxyl groups excluding tert-OH is 1. The lowest BCUT2D eigenvalue weighted by Crippen LogP contribution is -2.10. The first kappa shape index (κ1) is 11.7. The summed E-state index contributed by atoms with van der Waals surface area (Å²) in [6, 6.07) is 7.09. The van der Waals surface area contributed by atoms with E-state index in [1.807, 2.05) is 12.1 Å². The molecule has 1 rings (SSSR count). The maximum absolute atomic E-state index is 10.5. The first-order chi connectivity index (χ1) is 7.15. The number of benzene rings is 1. The van der Waals surface area contributed by atoms with Crippen molar-refractivity contribution in [3.05, 3.63) is 35.4 Å². The first-order valence-electron chi connectivity index (χ1n) is 5.15. The molecule has 3 heteroatoms. The molecule has 0 spiro atoms. The molecule has 0 aromatic heterocycles. The number of unbranched alkanes of at least 4 members (excludes halogenated alkanes) is 1. The molecule has 0 saturated heterocycles. The summed E-state index contributed by atoms with van der Waals surface area (Å²) < 4.78 is 0. The Morgan fingerprint density at radius 2 is 1.93 bits per heavy atom. The molecule has 1 aromatic rings. The SMILES string of the molecule is CCCCc1ccc(C(O)C(=O)O)cc1. The maximum atomic E-state index is 10.5. The molecular formula is C12H16O3. The van der Waals surface area contributed by atoms with Gasteiger partial charge in [0.05, 0.1) is 0 Å². The van der Waals surface area contributed by atoms with Crippen molar-refractivity contribution in [1.29, 1.82) is 0 Å². The Balaban J connectivity index is 2.67. The molecule has 0 amide bonds. The van der Waals surface area contributed by atoms with Gasteiger partial charge in [-0.15, -0.1) is 0 Å². The van der Waals surface area contributed by atoms with Crippen molar-refractivity contribution in [3.63, 3.8) is 0 Å². The minimum atomic E-state index is -1.41. The van der Waals surface area contributed by atoms with Crippen molar-refractivity contribution < 1.29 is 15.0 Å². The predicted octanol–water partition coefficient (Wildman–Crippen LogP) is 2.15. The zero-order valence-electron chi connectivity index (χ0n) is 8.81. The molecule has 0 aliphatic heterocycles. The first-order valence-corrected chi connectivity index (χ1v) is 5.15. The maximum Gasteiger partial charge on any atom is 0.337 e. The molecule has 82 valence electrons. The molecule has 0 saturated carbocycles. The molecular weight excluding hydrogens is 192 g/mol. The molecule has 15 heavy (non-hydrogen) atoms. The van der Waals surface area contributed by atoms with Crippen LogP contribution in [0.4, 0.5) is 0 Å². The van der Waals surface area contributed by atoms with Gasteiger partial charge in [0.1, 0.15) is 0 Å². The summed E-state index contributed by atoms with van der Waals surface area (Å²) in [7, 11) is 0. The Bertz CT molecular complexity index is 316. The van der Waals surface area contributed by atoms with Crippen LogP contribution in [0.15, 0.2) is 24.3 Å². The molecule has 0 bridgehead atoms. The Morgan fingerprint density at radius 3 is 2.40 bits per heavy atom. The van der Waals surface area contributed by atoms with Crippen LogP contribution in [0.3, 0.4) is 0 Å². The van der Waals surface area contributed by atoms with Crippen LogP contribution in [0.25, 0.3) is 0 Å². The van der Waals surface area contributed by atoms with Gasteiger partial charge in [0.15, 0.2) is 6.10 Å². The van der Waals surface area contributed by atoms with Gasteiger partial charge in [0.25, 0.3) is 0 Å². The summed E-state index contributed by atoms with van der Waals surface area (Å²) in [5.74, 6) is -1.21. The van der Waals surface area contributed by atoms with Crippen molar-refractivity contribution in [2.24, 2.45) is 0 Å². The van der Waals surface area contributed by atoms with E-state index in [1.165, 1.54) is 5.56 Å². The smallest absolute Gasteiger partial charge is 0.337 e. The average Bonchev–Trinajstić information content (AvgIpc) is 2.26. The van der Waals surface area contributed by atoms with E-state index in [4.69, 9.17) is 5.11 Å². The summed E-state index contributed by atoms with van der Waals surface area (Å²) >= 11 is 0. The van der Waals surface area contributed by atoms with E-state index in [2.05, 4.69) is 6.92 Å². The van der Waals surface area contributed by atoms with Gasteiger partial charge in [0, 0.05) is 0 Å². The Morgan fingerprint density at radius 1 is 1.33 bits per heavy atom. The van der Waals surface area contributed by atoms with Gasteiger partial charge in [-0.25, -0.2) is 4.79 Å². The molecule has 0 aliphatic rings. The van der Waals surface area contributed by atoms with E-state index in [1.54, 1.807) is 12.1 Å². The lowest BCUT2D eigenvalue weighted by Gasteiger charge is -2.06. The zero-order chi connectivity index (χ0) is 11.3. The fourth-order valence-corrected chi connectivity index (χ4v) is 1.39. The highest BCUT2D eigenvalue weighted by atomic mass is 16.4. The quantitative estimate of drug-likeness (QED) is 0.779. The van der Waals surface area contributed by atoms with Crippen molar-refractivity contribution >= 4 is 5.97 Å². The van der Waals surface area contributed by atoms with Gasteiger partial charge in [-0.05, 0) is 24.0 Å². The van der Waals surface area contributed by atoms with Crippen LogP contribution in [0.5, 0.6) is 0 Å². The van der Waals surface area contributed by atoms with E-state index in [0.717, 1.165) is 19.3 Å². The van der Waals surface area contributed by atoms with Gasteiger partial charge >= 0.3 is 5.97 Å². The van der Waals surface area contributed by atoms with Gasteiger partial charge in [-0.3, -0.25) is 0 Å². The van der Waals surface area contributed by atoms with Crippen LogP contribution in [-0.4, -0.2) is 16.2 Å². The standard InChI is InChI=1S/C12H16O3/c1-2-3-4-9-5-7-10(8-6-9)11(13)12(14)15/h5-8,11,13H,2-4H2,1H3,(H,14,15). The lowest BCUT2D eigenvalue weighted by molar-refractivity contribution is -0.146. The molecule has 1 unspecified atom stereocenters. The Kier molecular flexibility index (Phi) is 4.31. The van der Waals surface area contributed by atoms with Crippen LogP contribution in [-0.2, 0) is 11.2 Å². The number of aryl methyl sites for hydroxylation is 1. The van der Waals surface area contributed by atoms with E-state index in [-0.39, 0.29) is 0 Å². The largest absolute Gasteiger partial charge is 0.479 e. The predicted molar refractivity (Wildman–Crippen MR) is 57.6 cm³/mol. The zero-order valence-corrected chi connectivity index (χ0v) is 8.81. The number of aliphatic carboxylic acids is 1. The van der Waals surface area contributed by atoms with Crippen molar-refractivity contribution in [2.45, 2.75) is 32.3 Å². The Labute approximate surface area is 89.4 Å². The second kappa shape index (κ2) is 5.51. The highest BCUT2D eigenvalue weighted by Gasteiger charge is 2.14. The minimum absolute atomic E-state index is 0.433. The summed E-state index contributed by atoms with van der Waals surface area (Å²) in [6.45, 7) is 2.13. The number of aliphatic hydroxyl groups is 1. The van der Waals surface area contributed by atoms with Crippen molar-refractivity contribution in [3.8, 4) is 0 Å². The molecule has 0 radical (unpaired) electrons. The number of carbonyl (C=O) groups is 1. The van der Waals surface area contributed by atoms with Gasteiger partial charge in [0.2, 0.25) is 0 Å². The van der Waals surface area contributed by atoms with Crippen LogP contribution < -0.4 is 0 Å². The highest BCUT2D eigenvalue weighted by molar-refractivity contribution is 5.73. The van der Waals surface area contributed by atoms with E-state index < -0.39 is 12.1 Å². The third-order valence-electron chi connectivity index (χ3n) is 2.35. The average molecular weight is 208 g/mol. The summed E-state index contributed by atoms with van der Waals surface area (Å²) in [5, 5.41) is 17.9. The number of hydrogen-bond acceptors (Lipinski definition) is 2. The monoisotopic (exact) mass is 208 g/mol. The summed E-state index contributed by atoms with van der Waals surface area (Å²) in [6.07, 6.45) is 1.85. The van der Waals surface area contributed by atoms with Crippen molar-refractivity contribution in [2.75, 3.05) is 0 Å². The topological polar surface area (TPSA) is 57.5 Å². The van der Waals surface area contributed by atoms with E-state index >= 15 is 0 Å². The summed E-state index contributed by atoms with van der Waals surface area (Å²) in [5.41, 5.74) is 1.61. The second-order valence-corrected chi connectivity index (χ2v) is 3.59. The fraction of sp³-hybridized carbons (Fsp3) is 0.417. The van der Waals surface area contributed by atoms with Gasteiger partial charge in [-0.1, -0.05) is 37.6 Å². The normalized spacial score (nSPS) is 12.4. The van der Waals surface area contributed by atoms with Crippen LogP contribution in [0, 0.1) is 0 Å². The Hall–Kier alpha value is -1.35. The molecule has 0 aliphatic carbocycles. The van der Waals surface area contributed by atoms with Gasteiger partial charge < -0.3 is 10.2 Å². The molecule has 1 aromatic carbocycles. The number of rotatable bonds is 5. The molecule has 2 N–H and O–H groups in total. The second-order valence-electron chi connectivity index (χ2n) is 3.59. The third kappa shape index (κ3) is 3.36.